The van der Waals surface area contributed by atoms with Crippen molar-refractivity contribution in [2.24, 2.45) is 0 Å². The third kappa shape index (κ3) is 41.3. The highest BCUT2D eigenvalue weighted by Gasteiger charge is 2.26. The second kappa shape index (κ2) is 46.8. The summed E-state index contributed by atoms with van der Waals surface area (Å²) < 4.78 is 0. The van der Waals surface area contributed by atoms with E-state index in [1.54, 1.807) is 0 Å². The van der Waals surface area contributed by atoms with E-state index in [4.69, 9.17) is 0 Å². The Hall–Kier alpha value is -0.910. The summed E-state index contributed by atoms with van der Waals surface area (Å²) in [6.45, 7) is 4.20. The maximum Gasteiger partial charge on any atom is 0.220 e. The van der Waals surface area contributed by atoms with Gasteiger partial charge in [0.1, 0.15) is 6.10 Å². The molecule has 4 N–H and O–H groups in total. The average molecular weight is 792 g/mol. The van der Waals surface area contributed by atoms with Gasteiger partial charge in [0.15, 0.2) is 0 Å². The first-order valence-electron chi connectivity index (χ1n) is 25.5. The van der Waals surface area contributed by atoms with Crippen molar-refractivity contribution in [2.75, 3.05) is 6.61 Å². The normalized spacial score (nSPS) is 13.4. The molecule has 0 aliphatic rings. The lowest BCUT2D eigenvalue weighted by atomic mass is 9.99. The van der Waals surface area contributed by atoms with E-state index in [0.29, 0.717) is 12.8 Å². The smallest absolute Gasteiger partial charge is 0.220 e. The van der Waals surface area contributed by atoms with Gasteiger partial charge in [-0.3, -0.25) is 4.79 Å². The van der Waals surface area contributed by atoms with Crippen LogP contribution in [0.4, 0.5) is 0 Å². The van der Waals surface area contributed by atoms with E-state index in [2.05, 4.69) is 31.3 Å². The number of aliphatic hydroxyl groups excluding tert-OH is 3. The van der Waals surface area contributed by atoms with Gasteiger partial charge < -0.3 is 20.6 Å². The molecule has 0 saturated carbocycles. The highest BCUT2D eigenvalue weighted by Crippen LogP contribution is 2.17. The first kappa shape index (κ1) is 55.1. The van der Waals surface area contributed by atoms with Crippen molar-refractivity contribution >= 4 is 5.91 Å². The van der Waals surface area contributed by atoms with Crippen molar-refractivity contribution in [1.82, 2.24) is 5.32 Å². The fourth-order valence-corrected chi connectivity index (χ4v) is 8.16. The standard InChI is InChI=1S/C51H101NO4/c1-3-5-7-9-11-13-15-17-19-20-21-22-23-24-25-26-27-28-29-30-31-32-34-36-38-40-42-44-46-50(55)52-48(47-53)51(56)49(54)45-43-41-39-37-35-33-18-16-14-12-10-8-6-4-2/h24-25,48-49,51,53-54,56H,3-23,26-47H2,1-2H3,(H,52,55)/b25-24-. The minimum absolute atomic E-state index is 0.141. The van der Waals surface area contributed by atoms with Gasteiger partial charge >= 0.3 is 0 Å². The van der Waals surface area contributed by atoms with Crippen molar-refractivity contribution in [1.29, 1.82) is 0 Å². The van der Waals surface area contributed by atoms with Gasteiger partial charge in [0, 0.05) is 6.42 Å². The Morgan fingerprint density at radius 2 is 0.714 bits per heavy atom. The average Bonchev–Trinajstić information content (AvgIpc) is 3.20. The topological polar surface area (TPSA) is 89.8 Å². The molecular weight excluding hydrogens is 691 g/mol. The summed E-state index contributed by atoms with van der Waals surface area (Å²) >= 11 is 0. The van der Waals surface area contributed by atoms with E-state index >= 15 is 0 Å². The first-order chi connectivity index (χ1) is 27.6. The Morgan fingerprint density at radius 1 is 0.429 bits per heavy atom. The molecule has 0 heterocycles. The van der Waals surface area contributed by atoms with Crippen LogP contribution in [0, 0.1) is 0 Å². The lowest BCUT2D eigenvalue weighted by molar-refractivity contribution is -0.124. The maximum atomic E-state index is 12.5. The number of rotatable bonds is 47. The molecule has 0 spiro atoms. The summed E-state index contributed by atoms with van der Waals surface area (Å²) in [5.74, 6) is -0.141. The summed E-state index contributed by atoms with van der Waals surface area (Å²) in [4.78, 5) is 12.5. The quantitative estimate of drug-likeness (QED) is 0.0365. The second-order valence-corrected chi connectivity index (χ2v) is 17.7. The maximum absolute atomic E-state index is 12.5. The minimum atomic E-state index is -1.13. The highest BCUT2D eigenvalue weighted by atomic mass is 16.3. The monoisotopic (exact) mass is 792 g/mol. The van der Waals surface area contributed by atoms with Gasteiger partial charge in [-0.2, -0.15) is 0 Å². The molecule has 0 radical (unpaired) electrons. The molecule has 0 fully saturated rings. The van der Waals surface area contributed by atoms with Gasteiger partial charge in [0.25, 0.3) is 0 Å². The minimum Gasteiger partial charge on any atom is -0.394 e. The summed E-state index contributed by atoms with van der Waals surface area (Å²) in [5.41, 5.74) is 0. The molecule has 0 rings (SSSR count). The predicted octanol–water partition coefficient (Wildman–Crippen LogP) is 15.2. The Balaban J connectivity index is 3.51. The summed E-state index contributed by atoms with van der Waals surface area (Å²) in [6, 6.07) is -0.806. The highest BCUT2D eigenvalue weighted by molar-refractivity contribution is 5.76. The molecule has 5 nitrogen and oxygen atoms in total. The molecular formula is C51H101NO4. The van der Waals surface area contributed by atoms with E-state index in [0.717, 1.165) is 38.5 Å². The zero-order valence-electron chi connectivity index (χ0n) is 38.0. The third-order valence-electron chi connectivity index (χ3n) is 12.1. The van der Waals surface area contributed by atoms with Crippen LogP contribution < -0.4 is 5.32 Å². The molecule has 0 aliphatic heterocycles. The SMILES string of the molecule is CCCCCCCCCCCCCC/C=C\CCCCCCCCCCCCCCC(=O)NC(CO)C(O)C(O)CCCCCCCCCCCCCCCC. The number of carbonyl (C=O) groups is 1. The molecule has 0 aliphatic carbocycles. The van der Waals surface area contributed by atoms with Crippen LogP contribution in [0.25, 0.3) is 0 Å². The van der Waals surface area contributed by atoms with Crippen molar-refractivity contribution in [3.05, 3.63) is 12.2 Å². The van der Waals surface area contributed by atoms with Gasteiger partial charge in [-0.05, 0) is 38.5 Å². The van der Waals surface area contributed by atoms with Crippen LogP contribution in [0.1, 0.15) is 284 Å². The fourth-order valence-electron chi connectivity index (χ4n) is 8.16. The fraction of sp³-hybridized carbons (Fsp3) is 0.941. The summed E-state index contributed by atoms with van der Waals surface area (Å²) in [5, 5.41) is 33.6. The molecule has 3 unspecified atom stereocenters. The van der Waals surface area contributed by atoms with Crippen LogP contribution in [0.3, 0.4) is 0 Å². The Labute approximate surface area is 350 Å². The summed E-state index contributed by atoms with van der Waals surface area (Å²) in [6.07, 6.45) is 56.3. The van der Waals surface area contributed by atoms with Gasteiger partial charge in [0.2, 0.25) is 5.91 Å². The van der Waals surface area contributed by atoms with Crippen molar-refractivity contribution in [3.8, 4) is 0 Å². The van der Waals surface area contributed by atoms with Crippen LogP contribution in [-0.4, -0.2) is 46.1 Å². The van der Waals surface area contributed by atoms with E-state index in [1.807, 2.05) is 0 Å². The number of carbonyl (C=O) groups excluding carboxylic acids is 1. The van der Waals surface area contributed by atoms with Crippen molar-refractivity contribution < 1.29 is 20.1 Å². The number of hydrogen-bond acceptors (Lipinski definition) is 4. The number of nitrogens with one attached hydrogen (secondary N) is 1. The molecule has 3 atom stereocenters. The van der Waals surface area contributed by atoms with Crippen molar-refractivity contribution in [2.45, 2.75) is 302 Å². The molecule has 56 heavy (non-hydrogen) atoms. The largest absolute Gasteiger partial charge is 0.394 e. The Bertz CT molecular complexity index is 788. The Kier molecular flexibility index (Phi) is 46.0. The zero-order chi connectivity index (χ0) is 40.8. The lowest BCUT2D eigenvalue weighted by Gasteiger charge is -2.26. The van der Waals surface area contributed by atoms with Crippen LogP contribution >= 0.6 is 0 Å². The molecule has 0 aromatic carbocycles. The molecule has 0 aromatic heterocycles. The molecule has 1 amide bonds. The van der Waals surface area contributed by atoms with Gasteiger partial charge in [-0.15, -0.1) is 0 Å². The van der Waals surface area contributed by atoms with E-state index < -0.39 is 18.2 Å². The van der Waals surface area contributed by atoms with Crippen molar-refractivity contribution in [3.63, 3.8) is 0 Å². The van der Waals surface area contributed by atoms with Gasteiger partial charge in [-0.25, -0.2) is 0 Å². The lowest BCUT2D eigenvalue weighted by Crippen LogP contribution is -2.50. The second-order valence-electron chi connectivity index (χ2n) is 17.7. The van der Waals surface area contributed by atoms with Crippen LogP contribution in [-0.2, 0) is 4.79 Å². The predicted molar refractivity (Wildman–Crippen MR) is 245 cm³/mol. The number of allylic oxidation sites excluding steroid dienone is 2. The van der Waals surface area contributed by atoms with Gasteiger partial charge in [0.05, 0.1) is 18.8 Å². The number of hydrogen-bond donors (Lipinski definition) is 4. The van der Waals surface area contributed by atoms with E-state index in [9.17, 15) is 20.1 Å². The molecule has 0 saturated heterocycles. The number of amides is 1. The molecule has 334 valence electrons. The third-order valence-corrected chi connectivity index (χ3v) is 12.1. The first-order valence-corrected chi connectivity index (χ1v) is 25.5. The van der Waals surface area contributed by atoms with Gasteiger partial charge in [-0.1, -0.05) is 251 Å². The molecule has 0 aromatic rings. The Morgan fingerprint density at radius 3 is 1.04 bits per heavy atom. The molecule has 5 heteroatoms. The number of aliphatic hydroxyl groups is 3. The molecule has 0 bridgehead atoms. The van der Waals surface area contributed by atoms with E-state index in [1.165, 1.54) is 218 Å². The van der Waals surface area contributed by atoms with E-state index in [-0.39, 0.29) is 12.5 Å². The number of unbranched alkanes of at least 4 members (excludes halogenated alkanes) is 37. The van der Waals surface area contributed by atoms with Crippen LogP contribution in [0.5, 0.6) is 0 Å². The summed E-state index contributed by atoms with van der Waals surface area (Å²) in [7, 11) is 0. The van der Waals surface area contributed by atoms with Crippen LogP contribution in [0.15, 0.2) is 12.2 Å². The van der Waals surface area contributed by atoms with Crippen LogP contribution in [0.2, 0.25) is 0 Å². The zero-order valence-corrected chi connectivity index (χ0v) is 38.0.